The number of rotatable bonds is 5. The molecule has 1 N–H and O–H groups in total. The Labute approximate surface area is 145 Å². The molecule has 0 radical (unpaired) electrons. The van der Waals surface area contributed by atoms with Crippen LogP contribution in [0.1, 0.15) is 33.7 Å². The average Bonchev–Trinajstić information content (AvgIpc) is 3.08. The van der Waals surface area contributed by atoms with Gasteiger partial charge < -0.3 is 10.0 Å². The minimum Gasteiger partial charge on any atom is -0.396 e. The van der Waals surface area contributed by atoms with E-state index >= 15 is 0 Å². The van der Waals surface area contributed by atoms with E-state index in [4.69, 9.17) is 0 Å². The summed E-state index contributed by atoms with van der Waals surface area (Å²) in [7, 11) is 1.86. The van der Waals surface area contributed by atoms with Crippen LogP contribution in [0.2, 0.25) is 0 Å². The number of aliphatic hydroxyl groups excluding tert-OH is 1. The van der Waals surface area contributed by atoms with Crippen molar-refractivity contribution in [3.63, 3.8) is 0 Å². The van der Waals surface area contributed by atoms with Gasteiger partial charge in [-0.2, -0.15) is 0 Å². The first kappa shape index (κ1) is 16.6. The first-order chi connectivity index (χ1) is 11.2. The Bertz CT molecular complexity index is 656. The molecule has 0 bridgehead atoms. The maximum Gasteiger partial charge on any atom is 0.240 e. The topological polar surface area (TPSA) is 40.5 Å². The maximum atomic E-state index is 13.1. The van der Waals surface area contributed by atoms with E-state index in [1.807, 2.05) is 42.3 Å². The van der Waals surface area contributed by atoms with Crippen molar-refractivity contribution in [2.45, 2.75) is 24.1 Å². The van der Waals surface area contributed by atoms with Crippen LogP contribution >= 0.6 is 23.1 Å². The lowest BCUT2D eigenvalue weighted by atomic mass is 10.0. The normalized spacial score (nSPS) is 18.3. The number of fused-ring (bicyclic) bond motifs is 1. The van der Waals surface area contributed by atoms with Crippen LogP contribution in [-0.4, -0.2) is 35.3 Å². The van der Waals surface area contributed by atoms with Gasteiger partial charge in [-0.25, -0.2) is 0 Å². The van der Waals surface area contributed by atoms with Gasteiger partial charge >= 0.3 is 0 Å². The number of aryl methyl sites for hydroxylation is 1. The highest BCUT2D eigenvalue weighted by Gasteiger charge is 2.32. The van der Waals surface area contributed by atoms with Crippen LogP contribution in [0.3, 0.4) is 0 Å². The Morgan fingerprint density at radius 1 is 1.35 bits per heavy atom. The second kappa shape index (κ2) is 7.51. The fourth-order valence-electron chi connectivity index (χ4n) is 3.07. The highest BCUT2D eigenvalue weighted by atomic mass is 32.2. The Kier molecular flexibility index (Phi) is 5.41. The van der Waals surface area contributed by atoms with Gasteiger partial charge in [-0.15, -0.1) is 23.1 Å². The fraction of sp³-hybridized carbons (Fsp3) is 0.389. The quantitative estimate of drug-likeness (QED) is 0.897. The molecule has 0 aliphatic carbocycles. The van der Waals surface area contributed by atoms with Gasteiger partial charge in [0.25, 0.3) is 0 Å². The van der Waals surface area contributed by atoms with E-state index in [0.29, 0.717) is 6.42 Å². The van der Waals surface area contributed by atoms with Crippen molar-refractivity contribution in [1.82, 2.24) is 4.90 Å². The summed E-state index contributed by atoms with van der Waals surface area (Å²) < 4.78 is 0. The zero-order chi connectivity index (χ0) is 16.2. The molecule has 0 fully saturated rings. The molecule has 2 heterocycles. The fourth-order valence-corrected chi connectivity index (χ4v) is 5.46. The number of likely N-dealkylation sites (N-methyl/N-ethyl adjacent to an activating group) is 1. The van der Waals surface area contributed by atoms with Gasteiger partial charge in [0.2, 0.25) is 5.91 Å². The molecule has 23 heavy (non-hydrogen) atoms. The summed E-state index contributed by atoms with van der Waals surface area (Å²) in [5, 5.41) is 11.4. The number of hydrogen-bond acceptors (Lipinski definition) is 4. The Balaban J connectivity index is 1.84. The molecule has 1 amide bonds. The van der Waals surface area contributed by atoms with E-state index in [9.17, 15) is 9.90 Å². The van der Waals surface area contributed by atoms with Crippen LogP contribution in [0, 0.1) is 0 Å². The molecule has 1 aromatic heterocycles. The number of carbonyl (C=O) groups is 1. The molecule has 5 heteroatoms. The second-order valence-electron chi connectivity index (χ2n) is 5.69. The Morgan fingerprint density at radius 3 is 2.87 bits per heavy atom. The molecule has 2 unspecified atom stereocenters. The predicted molar refractivity (Wildman–Crippen MR) is 96.9 cm³/mol. The lowest BCUT2D eigenvalue weighted by Crippen LogP contribution is -2.35. The second-order valence-corrected chi connectivity index (χ2v) is 7.90. The van der Waals surface area contributed by atoms with E-state index in [0.717, 1.165) is 17.7 Å². The van der Waals surface area contributed by atoms with Gasteiger partial charge in [-0.3, -0.25) is 4.79 Å². The Morgan fingerprint density at radius 2 is 2.13 bits per heavy atom. The number of amides is 1. The minimum atomic E-state index is -0.111. The van der Waals surface area contributed by atoms with Crippen LogP contribution in [-0.2, 0) is 11.2 Å². The summed E-state index contributed by atoms with van der Waals surface area (Å²) >= 11 is 3.48. The summed E-state index contributed by atoms with van der Waals surface area (Å²) in [6, 6.07) is 12.0. The summed E-state index contributed by atoms with van der Waals surface area (Å²) in [6.07, 6.45) is 1.62. The zero-order valence-corrected chi connectivity index (χ0v) is 14.8. The van der Waals surface area contributed by atoms with Crippen molar-refractivity contribution >= 4 is 29.0 Å². The van der Waals surface area contributed by atoms with Gasteiger partial charge in [0.05, 0.1) is 6.04 Å². The molecule has 3 nitrogen and oxygen atoms in total. The van der Waals surface area contributed by atoms with Crippen molar-refractivity contribution < 1.29 is 9.90 Å². The number of hydrogen-bond donors (Lipinski definition) is 1. The molecule has 122 valence electrons. The summed E-state index contributed by atoms with van der Waals surface area (Å²) in [6.45, 7) is 0.0681. The van der Waals surface area contributed by atoms with Crippen LogP contribution < -0.4 is 0 Å². The molecule has 1 aromatic carbocycles. The summed E-state index contributed by atoms with van der Waals surface area (Å²) in [5.74, 6) is 1.13. The van der Waals surface area contributed by atoms with Crippen LogP contribution in [0.25, 0.3) is 0 Å². The number of carbonyl (C=O) groups excluding carboxylic acids is 1. The molecule has 0 saturated heterocycles. The highest BCUT2D eigenvalue weighted by molar-refractivity contribution is 8.00. The molecule has 0 spiro atoms. The largest absolute Gasteiger partial charge is 0.396 e. The number of benzene rings is 1. The van der Waals surface area contributed by atoms with Crippen molar-refractivity contribution in [2.75, 3.05) is 19.4 Å². The summed E-state index contributed by atoms with van der Waals surface area (Å²) in [5.41, 5.74) is 2.25. The predicted octanol–water partition coefficient (Wildman–Crippen LogP) is 3.66. The number of aliphatic hydroxyl groups is 1. The van der Waals surface area contributed by atoms with Crippen molar-refractivity contribution in [3.8, 4) is 0 Å². The third-order valence-electron chi connectivity index (χ3n) is 4.30. The van der Waals surface area contributed by atoms with E-state index < -0.39 is 0 Å². The molecule has 2 aromatic rings. The van der Waals surface area contributed by atoms with E-state index in [2.05, 4.69) is 11.4 Å². The monoisotopic (exact) mass is 347 g/mol. The third kappa shape index (κ3) is 3.47. The molecule has 0 saturated carbocycles. The Hall–Kier alpha value is -1.30. The maximum absolute atomic E-state index is 13.1. The number of thioether (sulfide) groups is 1. The molecule has 3 rings (SSSR count). The van der Waals surface area contributed by atoms with Crippen molar-refractivity contribution in [1.29, 1.82) is 0 Å². The first-order valence-electron chi connectivity index (χ1n) is 7.82. The van der Waals surface area contributed by atoms with E-state index in [-0.39, 0.29) is 23.8 Å². The van der Waals surface area contributed by atoms with Gasteiger partial charge in [-0.05, 0) is 41.2 Å². The van der Waals surface area contributed by atoms with Gasteiger partial charge in [0, 0.05) is 18.5 Å². The van der Waals surface area contributed by atoms with Gasteiger partial charge in [-0.1, -0.05) is 30.3 Å². The molecular formula is C18H21NO2S2. The lowest BCUT2D eigenvalue weighted by molar-refractivity contribution is -0.132. The standard InChI is InChI=1S/C18H21NO2S2/c1-19(15(7-10-20)13-5-3-2-4-6-13)18(21)17-14-8-11-22-16(14)9-12-23-17/h2-6,8,11,15,17,20H,7,9-10,12H2,1H3. The average molecular weight is 348 g/mol. The first-order valence-corrected chi connectivity index (χ1v) is 9.75. The highest BCUT2D eigenvalue weighted by Crippen LogP contribution is 2.41. The van der Waals surface area contributed by atoms with E-state index in [1.54, 1.807) is 23.1 Å². The number of thiophene rings is 1. The van der Waals surface area contributed by atoms with Crippen molar-refractivity contribution in [3.05, 3.63) is 57.8 Å². The lowest BCUT2D eigenvalue weighted by Gasteiger charge is -2.32. The third-order valence-corrected chi connectivity index (χ3v) is 6.53. The minimum absolute atomic E-state index is 0.0681. The number of nitrogens with zero attached hydrogens (tertiary/aromatic N) is 1. The molecule has 1 aliphatic rings. The van der Waals surface area contributed by atoms with Crippen molar-refractivity contribution in [2.24, 2.45) is 0 Å². The van der Waals surface area contributed by atoms with Crippen LogP contribution in [0.5, 0.6) is 0 Å². The zero-order valence-electron chi connectivity index (χ0n) is 13.1. The molecular weight excluding hydrogens is 326 g/mol. The SMILES string of the molecule is CN(C(=O)C1SCCc2sccc21)C(CCO)c1ccccc1. The van der Waals surface area contributed by atoms with Crippen LogP contribution in [0.15, 0.2) is 41.8 Å². The van der Waals surface area contributed by atoms with E-state index in [1.165, 1.54) is 10.4 Å². The smallest absolute Gasteiger partial charge is 0.240 e. The molecule has 2 atom stereocenters. The summed E-state index contributed by atoms with van der Waals surface area (Å²) in [4.78, 5) is 16.2. The van der Waals surface area contributed by atoms with Gasteiger partial charge in [0.15, 0.2) is 0 Å². The van der Waals surface area contributed by atoms with Gasteiger partial charge in [0.1, 0.15) is 5.25 Å². The molecule has 1 aliphatic heterocycles. The van der Waals surface area contributed by atoms with Crippen LogP contribution in [0.4, 0.5) is 0 Å².